The van der Waals surface area contributed by atoms with Crippen molar-refractivity contribution in [3.8, 4) is 0 Å². The van der Waals surface area contributed by atoms with Gasteiger partial charge in [0.25, 0.3) is 0 Å². The van der Waals surface area contributed by atoms with E-state index in [4.69, 9.17) is 5.11 Å². The van der Waals surface area contributed by atoms with Gasteiger partial charge in [0.1, 0.15) is 0 Å². The van der Waals surface area contributed by atoms with Crippen LogP contribution in [0.3, 0.4) is 0 Å². The molecular weight excluding hydrogens is 312 g/mol. The molecule has 2 rings (SSSR count). The number of rotatable bonds is 4. The van der Waals surface area contributed by atoms with Crippen molar-refractivity contribution in [2.45, 2.75) is 44.4 Å². The first-order valence-corrected chi connectivity index (χ1v) is 9.15. The fraction of sp³-hybridized carbons (Fsp3) is 0.588. The van der Waals surface area contributed by atoms with Gasteiger partial charge in [0.15, 0.2) is 0 Å². The van der Waals surface area contributed by atoms with Gasteiger partial charge in [0.2, 0.25) is 0 Å². The van der Waals surface area contributed by atoms with Gasteiger partial charge in [-0.3, -0.25) is 0 Å². The topological polar surface area (TPSA) is 69.6 Å². The van der Waals surface area contributed by atoms with Crippen molar-refractivity contribution < 1.29 is 14.1 Å². The Balaban J connectivity index is 2.15. The Bertz CT molecular complexity index is 549. The summed E-state index contributed by atoms with van der Waals surface area (Å²) in [6.45, 7) is 6.92. The molecule has 0 spiro atoms. The van der Waals surface area contributed by atoms with Crippen LogP contribution in [0.4, 0.5) is 4.79 Å². The minimum absolute atomic E-state index is 0.0211. The first-order valence-electron chi connectivity index (χ1n) is 8.00. The van der Waals surface area contributed by atoms with Crippen molar-refractivity contribution >= 4 is 17.1 Å². The van der Waals surface area contributed by atoms with Crippen LogP contribution in [-0.2, 0) is 11.0 Å². The number of piperidine rings is 1. The van der Waals surface area contributed by atoms with Crippen LogP contribution in [0.25, 0.3) is 0 Å². The molecule has 1 amide bonds. The predicted octanol–water partition coefficient (Wildman–Crippen LogP) is 3.17. The first kappa shape index (κ1) is 17.9. The van der Waals surface area contributed by atoms with E-state index in [1.54, 1.807) is 0 Å². The van der Waals surface area contributed by atoms with Gasteiger partial charge >= 0.3 is 6.09 Å². The molecule has 128 valence electrons. The number of amides is 1. The monoisotopic (exact) mass is 338 g/mol. The zero-order chi connectivity index (χ0) is 17.0. The van der Waals surface area contributed by atoms with Crippen LogP contribution in [0.1, 0.15) is 45.2 Å². The maximum atomic E-state index is 12.6. The van der Waals surface area contributed by atoms with Crippen LogP contribution in [0.2, 0.25) is 0 Å². The molecule has 1 saturated heterocycles. The second-order valence-electron chi connectivity index (χ2n) is 6.99. The van der Waals surface area contributed by atoms with Gasteiger partial charge in [-0.15, -0.1) is 0 Å². The molecule has 23 heavy (non-hydrogen) atoms. The van der Waals surface area contributed by atoms with Crippen molar-refractivity contribution in [3.05, 3.63) is 35.9 Å². The van der Waals surface area contributed by atoms with E-state index in [-0.39, 0.29) is 16.7 Å². The van der Waals surface area contributed by atoms with Gasteiger partial charge in [-0.2, -0.15) is 0 Å². The summed E-state index contributed by atoms with van der Waals surface area (Å²) in [6.07, 6.45) is 0.700. The minimum atomic E-state index is -1.17. The Kier molecular flexibility index (Phi) is 5.81. The van der Waals surface area contributed by atoms with Gasteiger partial charge in [-0.25, -0.2) is 13.7 Å². The van der Waals surface area contributed by atoms with Crippen LogP contribution in [0.5, 0.6) is 0 Å². The maximum absolute atomic E-state index is 12.6. The van der Waals surface area contributed by atoms with Gasteiger partial charge in [0.05, 0.1) is 15.7 Å². The standard InChI is InChI=1S/C17H26N2O3S/c1-17(2,3)23(22)18-15(13-7-5-4-6-8-13)14-9-11-19(12-10-14)16(20)21/h4-8,14-15,18H,9-12H2,1-3H3,(H,20,21)/t15-,23?/m0/s1. The molecule has 1 aliphatic heterocycles. The van der Waals surface area contributed by atoms with Crippen LogP contribution >= 0.6 is 0 Å². The molecule has 2 N–H and O–H groups in total. The Morgan fingerprint density at radius 2 is 1.83 bits per heavy atom. The fourth-order valence-electron chi connectivity index (χ4n) is 2.81. The third kappa shape index (κ3) is 4.78. The Morgan fingerprint density at radius 3 is 2.30 bits per heavy atom. The van der Waals surface area contributed by atoms with Crippen LogP contribution in [0.15, 0.2) is 30.3 Å². The zero-order valence-electron chi connectivity index (χ0n) is 14.0. The lowest BCUT2D eigenvalue weighted by atomic mass is 9.86. The van der Waals surface area contributed by atoms with Crippen molar-refractivity contribution in [3.63, 3.8) is 0 Å². The predicted molar refractivity (Wildman–Crippen MR) is 92.5 cm³/mol. The number of likely N-dealkylation sites (tertiary alicyclic amines) is 1. The van der Waals surface area contributed by atoms with Crippen molar-refractivity contribution in [2.24, 2.45) is 5.92 Å². The Morgan fingerprint density at radius 1 is 1.26 bits per heavy atom. The van der Waals surface area contributed by atoms with Gasteiger partial charge in [0, 0.05) is 19.1 Å². The minimum Gasteiger partial charge on any atom is -0.465 e. The molecule has 5 nitrogen and oxygen atoms in total. The summed E-state index contributed by atoms with van der Waals surface area (Å²) in [5.74, 6) is 0.277. The van der Waals surface area contributed by atoms with E-state index in [9.17, 15) is 9.00 Å². The van der Waals surface area contributed by atoms with Crippen molar-refractivity contribution in [1.29, 1.82) is 0 Å². The second kappa shape index (κ2) is 7.45. The molecule has 0 radical (unpaired) electrons. The first-order chi connectivity index (χ1) is 10.8. The van der Waals surface area contributed by atoms with Gasteiger partial charge in [-0.1, -0.05) is 30.3 Å². The largest absolute Gasteiger partial charge is 0.465 e. The molecule has 1 heterocycles. The second-order valence-corrected chi connectivity index (χ2v) is 8.99. The number of hydrogen-bond donors (Lipinski definition) is 2. The van der Waals surface area contributed by atoms with E-state index in [0.29, 0.717) is 13.1 Å². The van der Waals surface area contributed by atoms with E-state index in [0.717, 1.165) is 18.4 Å². The van der Waals surface area contributed by atoms with E-state index >= 15 is 0 Å². The van der Waals surface area contributed by atoms with Crippen LogP contribution in [-0.4, -0.2) is 38.1 Å². The van der Waals surface area contributed by atoms with E-state index in [1.165, 1.54) is 4.90 Å². The maximum Gasteiger partial charge on any atom is 0.407 e. The van der Waals surface area contributed by atoms with Gasteiger partial charge in [-0.05, 0) is 45.1 Å². The summed E-state index contributed by atoms with van der Waals surface area (Å²) >= 11 is 0. The van der Waals surface area contributed by atoms with Crippen LogP contribution in [0, 0.1) is 5.92 Å². The lowest BCUT2D eigenvalue weighted by molar-refractivity contribution is 0.119. The quantitative estimate of drug-likeness (QED) is 0.886. The molecule has 1 unspecified atom stereocenters. The number of carbonyl (C=O) groups is 1. The summed E-state index contributed by atoms with van der Waals surface area (Å²) in [4.78, 5) is 12.5. The highest BCUT2D eigenvalue weighted by molar-refractivity contribution is 7.84. The number of nitrogens with one attached hydrogen (secondary N) is 1. The van der Waals surface area contributed by atoms with Crippen molar-refractivity contribution in [2.75, 3.05) is 13.1 Å². The lowest BCUT2D eigenvalue weighted by Crippen LogP contribution is -2.43. The SMILES string of the molecule is CC(C)(C)S(=O)N[C@@H](c1ccccc1)C1CCN(C(=O)O)CC1. The van der Waals surface area contributed by atoms with E-state index < -0.39 is 17.1 Å². The molecule has 1 aliphatic rings. The molecule has 1 fully saturated rings. The molecule has 0 aliphatic carbocycles. The molecular formula is C17H26N2O3S. The smallest absolute Gasteiger partial charge is 0.407 e. The molecule has 0 aromatic heterocycles. The van der Waals surface area contributed by atoms with E-state index in [2.05, 4.69) is 4.72 Å². The van der Waals surface area contributed by atoms with Crippen LogP contribution < -0.4 is 4.72 Å². The number of carboxylic acid groups (broad SMARTS) is 1. The normalized spacial score (nSPS) is 19.3. The summed E-state index contributed by atoms with van der Waals surface area (Å²) in [6, 6.07) is 10.00. The molecule has 0 bridgehead atoms. The molecule has 0 saturated carbocycles. The third-order valence-electron chi connectivity index (χ3n) is 4.23. The van der Waals surface area contributed by atoms with Crippen molar-refractivity contribution in [1.82, 2.24) is 9.62 Å². The average molecular weight is 338 g/mol. The lowest BCUT2D eigenvalue weighted by Gasteiger charge is -2.36. The number of benzene rings is 1. The number of hydrogen-bond acceptors (Lipinski definition) is 2. The highest BCUT2D eigenvalue weighted by Gasteiger charge is 2.32. The zero-order valence-corrected chi connectivity index (χ0v) is 14.8. The Hall–Kier alpha value is -1.40. The Labute approximate surface area is 140 Å². The van der Waals surface area contributed by atoms with Gasteiger partial charge < -0.3 is 10.0 Å². The molecule has 2 atom stereocenters. The highest BCUT2D eigenvalue weighted by Crippen LogP contribution is 2.32. The van der Waals surface area contributed by atoms with E-state index in [1.807, 2.05) is 51.1 Å². The third-order valence-corrected chi connectivity index (χ3v) is 5.81. The summed E-state index contributed by atoms with van der Waals surface area (Å²) in [7, 11) is -1.17. The fourth-order valence-corrected chi connectivity index (χ4v) is 3.73. The average Bonchev–Trinajstić information content (AvgIpc) is 2.52. The molecule has 1 aromatic carbocycles. The number of nitrogens with zero attached hydrogens (tertiary/aromatic N) is 1. The summed E-state index contributed by atoms with van der Waals surface area (Å²) in [5, 5.41) is 9.09. The molecule has 6 heteroatoms. The highest BCUT2D eigenvalue weighted by atomic mass is 32.2. The molecule has 1 aromatic rings. The summed E-state index contributed by atoms with van der Waals surface area (Å²) < 4.78 is 15.5. The summed E-state index contributed by atoms with van der Waals surface area (Å²) in [5.41, 5.74) is 1.11.